The smallest absolute Gasteiger partial charge is 0.223 e. The van der Waals surface area contributed by atoms with Crippen LogP contribution in [-0.2, 0) is 4.79 Å². The van der Waals surface area contributed by atoms with E-state index >= 15 is 0 Å². The molecule has 2 N–H and O–H groups in total. The van der Waals surface area contributed by atoms with Gasteiger partial charge in [-0.1, -0.05) is 13.8 Å². The summed E-state index contributed by atoms with van der Waals surface area (Å²) in [5, 5.41) is 12.1. The first-order valence-corrected chi connectivity index (χ1v) is 5.06. The van der Waals surface area contributed by atoms with Crippen LogP contribution in [0.15, 0.2) is 0 Å². The van der Waals surface area contributed by atoms with Crippen LogP contribution in [-0.4, -0.2) is 23.2 Å². The summed E-state index contributed by atoms with van der Waals surface area (Å²) in [6.07, 6.45) is 3.81. The molecule has 1 aliphatic carbocycles. The fourth-order valence-corrected chi connectivity index (χ4v) is 1.50. The maximum absolute atomic E-state index is 11.5. The first-order chi connectivity index (χ1) is 6.13. The van der Waals surface area contributed by atoms with E-state index < -0.39 is 0 Å². The number of nitrogens with one attached hydrogen (secondary N) is 1. The number of amides is 1. The minimum atomic E-state index is -0.277. The molecule has 0 aliphatic heterocycles. The molecule has 76 valence electrons. The van der Waals surface area contributed by atoms with E-state index in [0.29, 0.717) is 0 Å². The maximum Gasteiger partial charge on any atom is 0.223 e. The van der Waals surface area contributed by atoms with Gasteiger partial charge in [-0.15, -0.1) is 0 Å². The predicted octanol–water partition coefficient (Wildman–Crippen LogP) is 1.06. The zero-order chi connectivity index (χ0) is 9.90. The van der Waals surface area contributed by atoms with E-state index in [2.05, 4.69) is 5.32 Å². The van der Waals surface area contributed by atoms with Gasteiger partial charge in [-0.05, 0) is 25.7 Å². The Morgan fingerprint density at radius 1 is 1.62 bits per heavy atom. The number of aliphatic hydroxyl groups is 1. The van der Waals surface area contributed by atoms with Gasteiger partial charge >= 0.3 is 0 Å². The number of carbonyl (C=O) groups excluding carboxylic acids is 1. The third-order valence-corrected chi connectivity index (χ3v) is 3.06. The SMILES string of the molecule is CCC(C)C(=O)NC1(CO)CCC1. The molecule has 3 heteroatoms. The van der Waals surface area contributed by atoms with Crippen LogP contribution in [0.4, 0.5) is 0 Å². The number of carbonyl (C=O) groups is 1. The van der Waals surface area contributed by atoms with Gasteiger partial charge in [0, 0.05) is 5.92 Å². The largest absolute Gasteiger partial charge is 0.394 e. The van der Waals surface area contributed by atoms with Crippen LogP contribution in [0.25, 0.3) is 0 Å². The van der Waals surface area contributed by atoms with Crippen molar-refractivity contribution in [3.63, 3.8) is 0 Å². The highest BCUT2D eigenvalue weighted by atomic mass is 16.3. The number of rotatable bonds is 4. The summed E-state index contributed by atoms with van der Waals surface area (Å²) >= 11 is 0. The monoisotopic (exact) mass is 185 g/mol. The van der Waals surface area contributed by atoms with Gasteiger partial charge < -0.3 is 10.4 Å². The van der Waals surface area contributed by atoms with E-state index in [1.54, 1.807) is 0 Å². The van der Waals surface area contributed by atoms with Crippen LogP contribution in [0.5, 0.6) is 0 Å². The van der Waals surface area contributed by atoms with E-state index in [4.69, 9.17) is 5.11 Å². The Balaban J connectivity index is 2.42. The molecule has 1 unspecified atom stereocenters. The molecule has 0 radical (unpaired) electrons. The first kappa shape index (κ1) is 10.5. The van der Waals surface area contributed by atoms with Crippen LogP contribution in [0.2, 0.25) is 0 Å². The Bertz CT molecular complexity index is 182. The fraction of sp³-hybridized carbons (Fsp3) is 0.900. The van der Waals surface area contributed by atoms with Crippen LogP contribution in [0.3, 0.4) is 0 Å². The number of hydrogen-bond acceptors (Lipinski definition) is 2. The van der Waals surface area contributed by atoms with E-state index in [-0.39, 0.29) is 24.0 Å². The average Bonchev–Trinajstić information content (AvgIpc) is 2.09. The molecule has 0 aromatic heterocycles. The Hall–Kier alpha value is -0.570. The third kappa shape index (κ3) is 2.21. The Morgan fingerprint density at radius 2 is 2.23 bits per heavy atom. The molecular formula is C10H19NO2. The highest BCUT2D eigenvalue weighted by molar-refractivity contribution is 5.79. The van der Waals surface area contributed by atoms with Gasteiger partial charge in [0.1, 0.15) is 0 Å². The summed E-state index contributed by atoms with van der Waals surface area (Å²) in [5.74, 6) is 0.139. The minimum absolute atomic E-state index is 0.0593. The van der Waals surface area contributed by atoms with E-state index in [9.17, 15) is 4.79 Å². The molecule has 1 rings (SSSR count). The quantitative estimate of drug-likeness (QED) is 0.688. The summed E-state index contributed by atoms with van der Waals surface area (Å²) in [5.41, 5.74) is -0.277. The molecule has 13 heavy (non-hydrogen) atoms. The zero-order valence-electron chi connectivity index (χ0n) is 8.47. The average molecular weight is 185 g/mol. The molecule has 0 saturated heterocycles. The summed E-state index contributed by atoms with van der Waals surface area (Å²) in [7, 11) is 0. The normalized spacial score (nSPS) is 21.8. The summed E-state index contributed by atoms with van der Waals surface area (Å²) in [4.78, 5) is 11.5. The van der Waals surface area contributed by atoms with Crippen molar-refractivity contribution in [2.45, 2.75) is 45.1 Å². The fourth-order valence-electron chi connectivity index (χ4n) is 1.50. The predicted molar refractivity (Wildman–Crippen MR) is 51.3 cm³/mol. The van der Waals surface area contributed by atoms with Crippen molar-refractivity contribution in [2.24, 2.45) is 5.92 Å². The van der Waals surface area contributed by atoms with Crippen molar-refractivity contribution < 1.29 is 9.90 Å². The van der Waals surface area contributed by atoms with E-state index in [1.165, 1.54) is 0 Å². The van der Waals surface area contributed by atoms with Crippen LogP contribution in [0.1, 0.15) is 39.5 Å². The molecule has 1 saturated carbocycles. The highest BCUT2D eigenvalue weighted by Gasteiger charge is 2.38. The minimum Gasteiger partial charge on any atom is -0.394 e. The van der Waals surface area contributed by atoms with Crippen molar-refractivity contribution in [2.75, 3.05) is 6.61 Å². The molecule has 0 aromatic rings. The maximum atomic E-state index is 11.5. The molecule has 0 bridgehead atoms. The second kappa shape index (κ2) is 4.09. The van der Waals surface area contributed by atoms with Crippen molar-refractivity contribution in [3.8, 4) is 0 Å². The second-order valence-electron chi connectivity index (χ2n) is 4.09. The van der Waals surface area contributed by atoms with Crippen LogP contribution < -0.4 is 5.32 Å². The lowest BCUT2D eigenvalue weighted by atomic mass is 9.77. The van der Waals surface area contributed by atoms with Crippen molar-refractivity contribution in [3.05, 3.63) is 0 Å². The van der Waals surface area contributed by atoms with Crippen molar-refractivity contribution >= 4 is 5.91 Å². The van der Waals surface area contributed by atoms with Gasteiger partial charge in [0.2, 0.25) is 5.91 Å². The van der Waals surface area contributed by atoms with Crippen LogP contribution in [0, 0.1) is 5.92 Å². The molecule has 1 aliphatic rings. The van der Waals surface area contributed by atoms with Gasteiger partial charge in [-0.25, -0.2) is 0 Å². The lowest BCUT2D eigenvalue weighted by Gasteiger charge is -2.41. The first-order valence-electron chi connectivity index (χ1n) is 5.06. The number of hydrogen-bond donors (Lipinski definition) is 2. The molecule has 0 aromatic carbocycles. The van der Waals surface area contributed by atoms with Gasteiger partial charge in [-0.2, -0.15) is 0 Å². The van der Waals surface area contributed by atoms with Crippen molar-refractivity contribution in [1.82, 2.24) is 5.32 Å². The van der Waals surface area contributed by atoms with Crippen LogP contribution >= 0.6 is 0 Å². The summed E-state index contributed by atoms with van der Waals surface area (Å²) in [6, 6.07) is 0. The molecular weight excluding hydrogens is 166 g/mol. The molecule has 3 nitrogen and oxygen atoms in total. The highest BCUT2D eigenvalue weighted by Crippen LogP contribution is 2.31. The molecule has 1 amide bonds. The Morgan fingerprint density at radius 3 is 2.54 bits per heavy atom. The molecule has 1 atom stereocenters. The zero-order valence-corrected chi connectivity index (χ0v) is 8.47. The lowest BCUT2D eigenvalue weighted by molar-refractivity contribution is -0.128. The topological polar surface area (TPSA) is 49.3 Å². The summed E-state index contributed by atoms with van der Waals surface area (Å²) < 4.78 is 0. The molecule has 1 fully saturated rings. The standard InChI is InChI=1S/C10H19NO2/c1-3-8(2)9(13)11-10(7-12)5-4-6-10/h8,12H,3-7H2,1-2H3,(H,11,13). The van der Waals surface area contributed by atoms with Gasteiger partial charge in [0.25, 0.3) is 0 Å². The molecule has 0 heterocycles. The van der Waals surface area contributed by atoms with Gasteiger partial charge in [-0.3, -0.25) is 4.79 Å². The third-order valence-electron chi connectivity index (χ3n) is 3.06. The lowest BCUT2D eigenvalue weighted by Crippen LogP contribution is -2.57. The Labute approximate surface area is 79.5 Å². The van der Waals surface area contributed by atoms with Crippen molar-refractivity contribution in [1.29, 1.82) is 0 Å². The van der Waals surface area contributed by atoms with E-state index in [0.717, 1.165) is 25.7 Å². The van der Waals surface area contributed by atoms with E-state index in [1.807, 2.05) is 13.8 Å². The second-order valence-corrected chi connectivity index (χ2v) is 4.09. The Kier molecular flexibility index (Phi) is 3.31. The molecule has 0 spiro atoms. The summed E-state index contributed by atoms with van der Waals surface area (Å²) in [6.45, 7) is 3.99. The van der Waals surface area contributed by atoms with Gasteiger partial charge in [0.05, 0.1) is 12.1 Å². The number of aliphatic hydroxyl groups excluding tert-OH is 1. The van der Waals surface area contributed by atoms with Gasteiger partial charge in [0.15, 0.2) is 0 Å².